The number of amides is 1. The van der Waals surface area contributed by atoms with E-state index in [0.29, 0.717) is 31.1 Å². The lowest BCUT2D eigenvalue weighted by Gasteiger charge is -2.27. The maximum atomic E-state index is 12.8. The number of rotatable bonds is 5. The molecule has 1 aliphatic rings. The zero-order valence-electron chi connectivity index (χ0n) is 15.1. The van der Waals surface area contributed by atoms with E-state index >= 15 is 0 Å². The van der Waals surface area contributed by atoms with Crippen molar-refractivity contribution in [3.05, 3.63) is 53.9 Å². The molecule has 1 amide bonds. The molecule has 7 nitrogen and oxygen atoms in total. The van der Waals surface area contributed by atoms with Crippen LogP contribution in [0.5, 0.6) is 0 Å². The van der Waals surface area contributed by atoms with Gasteiger partial charge in [0.25, 0.3) is 5.91 Å². The lowest BCUT2D eigenvalue weighted by Crippen LogP contribution is -2.36. The molecule has 0 saturated carbocycles. The summed E-state index contributed by atoms with van der Waals surface area (Å²) in [6.45, 7) is 3.34. The van der Waals surface area contributed by atoms with Gasteiger partial charge in [0.1, 0.15) is 11.4 Å². The van der Waals surface area contributed by atoms with E-state index in [1.807, 2.05) is 36.4 Å². The minimum Gasteiger partial charge on any atom is -0.451 e. The minimum atomic E-state index is -0.320. The van der Waals surface area contributed by atoms with E-state index in [1.54, 1.807) is 13.3 Å². The van der Waals surface area contributed by atoms with E-state index in [1.165, 1.54) is 0 Å². The molecular weight excluding hydrogens is 346 g/mol. The van der Waals surface area contributed by atoms with Crippen LogP contribution in [-0.2, 0) is 16.1 Å². The molecule has 1 aromatic carbocycles. The quantitative estimate of drug-likeness (QED) is 0.747. The minimum absolute atomic E-state index is 0.260. The van der Waals surface area contributed by atoms with E-state index in [0.717, 1.165) is 29.9 Å². The van der Waals surface area contributed by atoms with Crippen LogP contribution in [0, 0.1) is 0 Å². The largest absolute Gasteiger partial charge is 0.451 e. The number of benzene rings is 1. The van der Waals surface area contributed by atoms with E-state index in [2.05, 4.69) is 15.2 Å². The number of fused-ring (bicyclic) bond motifs is 1. The number of anilines is 2. The Morgan fingerprint density at radius 3 is 2.78 bits per heavy atom. The van der Waals surface area contributed by atoms with Gasteiger partial charge >= 0.3 is 0 Å². The molecular formula is C20H21N3O4. The van der Waals surface area contributed by atoms with Crippen LogP contribution >= 0.6 is 0 Å². The molecule has 1 saturated heterocycles. The predicted octanol–water partition coefficient (Wildman–Crippen LogP) is 3.06. The summed E-state index contributed by atoms with van der Waals surface area (Å²) in [5.74, 6) is 0.814. The van der Waals surface area contributed by atoms with Crippen molar-refractivity contribution in [3.63, 3.8) is 0 Å². The van der Waals surface area contributed by atoms with Gasteiger partial charge in [-0.3, -0.25) is 4.79 Å². The Kier molecular flexibility index (Phi) is 5.04. The Labute approximate surface area is 156 Å². The number of morpholine rings is 1. The van der Waals surface area contributed by atoms with E-state index < -0.39 is 0 Å². The third-order valence-electron chi connectivity index (χ3n) is 4.53. The number of hydrogen-bond acceptors (Lipinski definition) is 6. The molecule has 0 bridgehead atoms. The van der Waals surface area contributed by atoms with Crippen LogP contribution < -0.4 is 10.2 Å². The Morgan fingerprint density at radius 2 is 2.04 bits per heavy atom. The molecule has 3 heterocycles. The first-order valence-corrected chi connectivity index (χ1v) is 8.85. The maximum absolute atomic E-state index is 12.8. The van der Waals surface area contributed by atoms with E-state index in [9.17, 15) is 4.79 Å². The third kappa shape index (κ3) is 3.65. The van der Waals surface area contributed by atoms with Gasteiger partial charge in [0, 0.05) is 31.1 Å². The number of methoxy groups -OCH3 is 1. The average Bonchev–Trinajstić information content (AvgIpc) is 3.08. The van der Waals surface area contributed by atoms with Crippen molar-refractivity contribution in [1.82, 2.24) is 4.98 Å². The monoisotopic (exact) mass is 367 g/mol. The SMILES string of the molecule is COCc1c(C(=O)Nc2ccc(N3CCOCC3)nc2)oc2ccccc12. The average molecular weight is 367 g/mol. The molecule has 1 N–H and O–H groups in total. The van der Waals surface area contributed by atoms with Crippen molar-refractivity contribution in [3.8, 4) is 0 Å². The number of carbonyl (C=O) groups excluding carboxylic acids is 1. The molecule has 0 radical (unpaired) electrons. The number of hydrogen-bond donors (Lipinski definition) is 1. The van der Waals surface area contributed by atoms with Crippen LogP contribution in [0.2, 0.25) is 0 Å². The number of pyridine rings is 1. The number of ether oxygens (including phenoxy) is 2. The number of aromatic nitrogens is 1. The standard InChI is InChI=1S/C20H21N3O4/c1-25-13-16-15-4-2-3-5-17(15)27-19(16)20(24)22-14-6-7-18(21-12-14)23-8-10-26-11-9-23/h2-7,12H,8-11,13H2,1H3,(H,22,24). The summed E-state index contributed by atoms with van der Waals surface area (Å²) in [4.78, 5) is 19.4. The Balaban J connectivity index is 1.53. The van der Waals surface area contributed by atoms with Crippen LogP contribution in [0.3, 0.4) is 0 Å². The molecule has 140 valence electrons. The summed E-state index contributed by atoms with van der Waals surface area (Å²) in [5, 5.41) is 3.73. The summed E-state index contributed by atoms with van der Waals surface area (Å²) in [5.41, 5.74) is 2.01. The van der Waals surface area contributed by atoms with Crippen LogP contribution in [0.4, 0.5) is 11.5 Å². The predicted molar refractivity (Wildman–Crippen MR) is 102 cm³/mol. The fraction of sp³-hybridized carbons (Fsp3) is 0.300. The smallest absolute Gasteiger partial charge is 0.291 e. The number of carbonyl (C=O) groups is 1. The molecule has 2 aromatic heterocycles. The molecule has 1 fully saturated rings. The molecule has 0 spiro atoms. The molecule has 0 atom stereocenters. The first-order chi connectivity index (χ1) is 13.3. The summed E-state index contributed by atoms with van der Waals surface area (Å²) in [6, 6.07) is 11.3. The molecule has 0 unspecified atom stereocenters. The van der Waals surface area contributed by atoms with Gasteiger partial charge in [-0.25, -0.2) is 4.98 Å². The van der Waals surface area contributed by atoms with Crippen LogP contribution in [0.1, 0.15) is 16.1 Å². The van der Waals surface area contributed by atoms with Crippen LogP contribution in [0.15, 0.2) is 47.0 Å². The molecule has 3 aromatic rings. The van der Waals surface area contributed by atoms with Gasteiger partial charge < -0.3 is 24.1 Å². The second kappa shape index (κ2) is 7.77. The van der Waals surface area contributed by atoms with Crippen molar-refractivity contribution in [1.29, 1.82) is 0 Å². The Morgan fingerprint density at radius 1 is 1.22 bits per heavy atom. The van der Waals surface area contributed by atoms with Crippen molar-refractivity contribution >= 4 is 28.4 Å². The molecule has 7 heteroatoms. The summed E-state index contributed by atoms with van der Waals surface area (Å²) in [6.07, 6.45) is 1.65. The van der Waals surface area contributed by atoms with Gasteiger partial charge in [0.05, 0.1) is 31.7 Å². The Hall–Kier alpha value is -2.90. The van der Waals surface area contributed by atoms with E-state index in [4.69, 9.17) is 13.9 Å². The van der Waals surface area contributed by atoms with Crippen molar-refractivity contribution in [2.75, 3.05) is 43.6 Å². The molecule has 1 aliphatic heterocycles. The highest BCUT2D eigenvalue weighted by Crippen LogP contribution is 2.27. The van der Waals surface area contributed by atoms with Gasteiger partial charge in [0.15, 0.2) is 5.76 Å². The molecule has 27 heavy (non-hydrogen) atoms. The fourth-order valence-electron chi connectivity index (χ4n) is 3.20. The number of furan rings is 1. The second-order valence-electron chi connectivity index (χ2n) is 6.30. The lowest BCUT2D eigenvalue weighted by molar-refractivity contribution is 0.0992. The van der Waals surface area contributed by atoms with E-state index in [-0.39, 0.29) is 11.7 Å². The number of nitrogens with one attached hydrogen (secondary N) is 1. The number of para-hydroxylation sites is 1. The lowest BCUT2D eigenvalue weighted by atomic mass is 10.1. The van der Waals surface area contributed by atoms with Gasteiger partial charge in [-0.2, -0.15) is 0 Å². The van der Waals surface area contributed by atoms with Crippen LogP contribution in [0.25, 0.3) is 11.0 Å². The van der Waals surface area contributed by atoms with Gasteiger partial charge in [-0.15, -0.1) is 0 Å². The number of nitrogens with zero attached hydrogens (tertiary/aromatic N) is 2. The molecule has 0 aliphatic carbocycles. The summed E-state index contributed by atoms with van der Waals surface area (Å²) in [7, 11) is 1.59. The van der Waals surface area contributed by atoms with Gasteiger partial charge in [0.2, 0.25) is 0 Å². The van der Waals surface area contributed by atoms with Gasteiger partial charge in [-0.1, -0.05) is 18.2 Å². The Bertz CT molecular complexity index is 930. The summed E-state index contributed by atoms with van der Waals surface area (Å²) >= 11 is 0. The van der Waals surface area contributed by atoms with Crippen molar-refractivity contribution in [2.24, 2.45) is 0 Å². The first-order valence-electron chi connectivity index (χ1n) is 8.85. The van der Waals surface area contributed by atoms with Crippen LogP contribution in [-0.4, -0.2) is 44.3 Å². The zero-order chi connectivity index (χ0) is 18.6. The zero-order valence-corrected chi connectivity index (χ0v) is 15.1. The van der Waals surface area contributed by atoms with Gasteiger partial charge in [-0.05, 0) is 18.2 Å². The topological polar surface area (TPSA) is 76.8 Å². The van der Waals surface area contributed by atoms with Crippen molar-refractivity contribution < 1.29 is 18.7 Å². The first kappa shape index (κ1) is 17.5. The summed E-state index contributed by atoms with van der Waals surface area (Å²) < 4.78 is 16.4. The highest BCUT2D eigenvalue weighted by atomic mass is 16.5. The normalized spacial score (nSPS) is 14.5. The highest BCUT2D eigenvalue weighted by Gasteiger charge is 2.21. The maximum Gasteiger partial charge on any atom is 0.291 e. The fourth-order valence-corrected chi connectivity index (χ4v) is 3.20. The second-order valence-corrected chi connectivity index (χ2v) is 6.30. The molecule has 4 rings (SSSR count). The highest BCUT2D eigenvalue weighted by molar-refractivity contribution is 6.06. The van der Waals surface area contributed by atoms with Crippen molar-refractivity contribution in [2.45, 2.75) is 6.61 Å². The third-order valence-corrected chi connectivity index (χ3v) is 4.53.